The van der Waals surface area contributed by atoms with Crippen molar-refractivity contribution >= 4 is 5.91 Å². The number of amides is 1. The number of hydrogen-bond acceptors (Lipinski definition) is 2. The van der Waals surface area contributed by atoms with E-state index in [1.807, 2.05) is 66.3 Å². The third-order valence-corrected chi connectivity index (χ3v) is 4.03. The van der Waals surface area contributed by atoms with Crippen LogP contribution in [0.15, 0.2) is 66.9 Å². The summed E-state index contributed by atoms with van der Waals surface area (Å²) in [5.74, 6) is 0.0809. The van der Waals surface area contributed by atoms with Crippen molar-refractivity contribution in [3.8, 4) is 11.3 Å². The molecular formula is C21H23N3O. The van der Waals surface area contributed by atoms with Crippen LogP contribution in [-0.4, -0.2) is 15.7 Å². The maximum atomic E-state index is 11.8. The Bertz CT molecular complexity index is 810. The van der Waals surface area contributed by atoms with Crippen LogP contribution in [0.3, 0.4) is 0 Å². The lowest BCUT2D eigenvalue weighted by Gasteiger charge is -2.04. The average molecular weight is 333 g/mol. The second-order valence-corrected chi connectivity index (χ2v) is 6.08. The Kier molecular flexibility index (Phi) is 5.62. The molecule has 1 N–H and O–H groups in total. The Morgan fingerprint density at radius 1 is 1.04 bits per heavy atom. The van der Waals surface area contributed by atoms with Crippen LogP contribution in [0.25, 0.3) is 11.3 Å². The van der Waals surface area contributed by atoms with Gasteiger partial charge in [0.25, 0.3) is 0 Å². The third kappa shape index (κ3) is 4.57. The van der Waals surface area contributed by atoms with E-state index in [1.54, 1.807) is 0 Å². The Labute approximate surface area is 148 Å². The van der Waals surface area contributed by atoms with Gasteiger partial charge in [0.1, 0.15) is 0 Å². The first-order chi connectivity index (χ1) is 12.3. The van der Waals surface area contributed by atoms with E-state index in [0.29, 0.717) is 19.5 Å². The maximum absolute atomic E-state index is 11.8. The highest BCUT2D eigenvalue weighted by atomic mass is 16.1. The first kappa shape index (κ1) is 17.0. The van der Waals surface area contributed by atoms with Crippen molar-refractivity contribution in [2.24, 2.45) is 0 Å². The Hall–Kier alpha value is -2.88. The number of rotatable bonds is 7. The second kappa shape index (κ2) is 8.29. The van der Waals surface area contributed by atoms with Gasteiger partial charge in [-0.3, -0.25) is 9.48 Å². The van der Waals surface area contributed by atoms with Crippen molar-refractivity contribution in [3.05, 3.63) is 78.0 Å². The molecule has 128 valence electrons. The summed E-state index contributed by atoms with van der Waals surface area (Å²) in [4.78, 5) is 11.8. The number of carbonyl (C=O) groups excluding carboxylic acids is 1. The van der Waals surface area contributed by atoms with Crippen LogP contribution in [0.4, 0.5) is 0 Å². The minimum absolute atomic E-state index is 0.0809. The summed E-state index contributed by atoms with van der Waals surface area (Å²) < 4.78 is 1.94. The fraction of sp³-hybridized carbons (Fsp3) is 0.238. The van der Waals surface area contributed by atoms with Gasteiger partial charge in [0, 0.05) is 30.3 Å². The number of hydrogen-bond donors (Lipinski definition) is 1. The molecule has 1 aromatic heterocycles. The molecule has 0 radical (unpaired) electrons. The lowest BCUT2D eigenvalue weighted by atomic mass is 10.1. The molecule has 4 heteroatoms. The fourth-order valence-corrected chi connectivity index (χ4v) is 2.79. The second-order valence-electron chi connectivity index (χ2n) is 6.08. The highest BCUT2D eigenvalue weighted by molar-refractivity contribution is 5.76. The lowest BCUT2D eigenvalue weighted by Crippen LogP contribution is -2.22. The minimum atomic E-state index is 0.0809. The molecule has 2 aromatic carbocycles. The van der Waals surface area contributed by atoms with Crippen LogP contribution in [0.2, 0.25) is 0 Å². The zero-order chi connectivity index (χ0) is 17.5. The summed E-state index contributed by atoms with van der Waals surface area (Å²) in [7, 11) is 0. The van der Waals surface area contributed by atoms with Gasteiger partial charge in [-0.15, -0.1) is 0 Å². The summed E-state index contributed by atoms with van der Waals surface area (Å²) >= 11 is 0. The molecule has 0 spiro atoms. The average Bonchev–Trinajstić information content (AvgIpc) is 3.04. The molecular weight excluding hydrogens is 310 g/mol. The largest absolute Gasteiger partial charge is 0.352 e. The van der Waals surface area contributed by atoms with Crippen LogP contribution in [0, 0.1) is 0 Å². The Balaban J connectivity index is 1.84. The number of nitrogens with one attached hydrogen (secondary N) is 1. The van der Waals surface area contributed by atoms with Crippen LogP contribution in [-0.2, 0) is 17.9 Å². The van der Waals surface area contributed by atoms with Gasteiger partial charge in [0.2, 0.25) is 5.91 Å². The quantitative estimate of drug-likeness (QED) is 0.710. The van der Waals surface area contributed by atoms with Crippen LogP contribution < -0.4 is 5.32 Å². The molecule has 1 amide bonds. The normalized spacial score (nSPS) is 10.6. The van der Waals surface area contributed by atoms with Crippen molar-refractivity contribution in [2.45, 2.75) is 32.9 Å². The number of nitrogens with zero attached hydrogens (tertiary/aromatic N) is 2. The number of aromatic nitrogens is 2. The number of benzene rings is 2. The van der Waals surface area contributed by atoms with Crippen molar-refractivity contribution in [1.29, 1.82) is 0 Å². The van der Waals surface area contributed by atoms with Crippen molar-refractivity contribution in [3.63, 3.8) is 0 Å². The van der Waals surface area contributed by atoms with Gasteiger partial charge in [0.15, 0.2) is 0 Å². The fourth-order valence-electron chi connectivity index (χ4n) is 2.79. The molecule has 0 saturated heterocycles. The van der Waals surface area contributed by atoms with E-state index in [-0.39, 0.29) is 5.91 Å². The molecule has 0 aliphatic heterocycles. The van der Waals surface area contributed by atoms with Gasteiger partial charge >= 0.3 is 0 Å². The maximum Gasteiger partial charge on any atom is 0.220 e. The van der Waals surface area contributed by atoms with Crippen LogP contribution >= 0.6 is 0 Å². The molecule has 3 aromatic rings. The SMILES string of the molecule is CCCC(=O)NCc1cn(Cc2ccccc2)nc1-c1ccccc1. The van der Waals surface area contributed by atoms with Gasteiger partial charge in [0.05, 0.1) is 12.2 Å². The van der Waals surface area contributed by atoms with Crippen LogP contribution in [0.5, 0.6) is 0 Å². The lowest BCUT2D eigenvalue weighted by molar-refractivity contribution is -0.121. The van der Waals surface area contributed by atoms with E-state index >= 15 is 0 Å². The zero-order valence-electron chi connectivity index (χ0n) is 14.5. The van der Waals surface area contributed by atoms with Crippen molar-refractivity contribution < 1.29 is 4.79 Å². The smallest absolute Gasteiger partial charge is 0.220 e. The highest BCUT2D eigenvalue weighted by Gasteiger charge is 2.12. The van der Waals surface area contributed by atoms with Gasteiger partial charge in [-0.05, 0) is 12.0 Å². The summed E-state index contributed by atoms with van der Waals surface area (Å²) in [6.45, 7) is 3.22. The zero-order valence-corrected chi connectivity index (χ0v) is 14.5. The van der Waals surface area contributed by atoms with E-state index in [4.69, 9.17) is 5.10 Å². The van der Waals surface area contributed by atoms with Crippen LogP contribution in [0.1, 0.15) is 30.9 Å². The Morgan fingerprint density at radius 3 is 2.40 bits per heavy atom. The molecule has 0 atom stereocenters. The highest BCUT2D eigenvalue weighted by Crippen LogP contribution is 2.22. The summed E-state index contributed by atoms with van der Waals surface area (Å²) in [6, 6.07) is 20.4. The molecule has 1 heterocycles. The van der Waals surface area contributed by atoms with E-state index in [2.05, 4.69) is 17.4 Å². The molecule has 0 fully saturated rings. The van der Waals surface area contributed by atoms with E-state index in [1.165, 1.54) is 5.56 Å². The molecule has 4 nitrogen and oxygen atoms in total. The summed E-state index contributed by atoms with van der Waals surface area (Å²) in [5.41, 5.74) is 4.22. The predicted molar refractivity (Wildman–Crippen MR) is 100.0 cm³/mol. The van der Waals surface area contributed by atoms with Gasteiger partial charge in [-0.25, -0.2) is 0 Å². The van der Waals surface area contributed by atoms with Gasteiger partial charge in [-0.1, -0.05) is 67.6 Å². The Morgan fingerprint density at radius 2 is 1.72 bits per heavy atom. The molecule has 0 bridgehead atoms. The summed E-state index contributed by atoms with van der Waals surface area (Å²) in [5, 5.41) is 7.76. The molecule has 25 heavy (non-hydrogen) atoms. The standard InChI is InChI=1S/C21H23N3O/c1-2-9-20(25)22-14-19-16-24(15-17-10-5-3-6-11-17)23-21(19)18-12-7-4-8-13-18/h3-8,10-13,16H,2,9,14-15H2,1H3,(H,22,25). The molecule has 3 rings (SSSR count). The molecule has 0 aliphatic carbocycles. The molecule has 0 saturated carbocycles. The summed E-state index contributed by atoms with van der Waals surface area (Å²) in [6.07, 6.45) is 3.44. The van der Waals surface area contributed by atoms with Crippen molar-refractivity contribution in [1.82, 2.24) is 15.1 Å². The van der Waals surface area contributed by atoms with Gasteiger partial charge in [-0.2, -0.15) is 5.10 Å². The topological polar surface area (TPSA) is 46.9 Å². The van der Waals surface area contributed by atoms with E-state index in [9.17, 15) is 4.79 Å². The van der Waals surface area contributed by atoms with Crippen molar-refractivity contribution in [2.75, 3.05) is 0 Å². The number of carbonyl (C=O) groups is 1. The first-order valence-corrected chi connectivity index (χ1v) is 8.68. The monoisotopic (exact) mass is 333 g/mol. The van der Waals surface area contributed by atoms with E-state index < -0.39 is 0 Å². The van der Waals surface area contributed by atoms with E-state index in [0.717, 1.165) is 23.2 Å². The first-order valence-electron chi connectivity index (χ1n) is 8.68. The molecule has 0 aliphatic rings. The minimum Gasteiger partial charge on any atom is -0.352 e. The third-order valence-electron chi connectivity index (χ3n) is 4.03. The molecule has 0 unspecified atom stereocenters. The predicted octanol–water partition coefficient (Wildman–Crippen LogP) is 4.01. The van der Waals surface area contributed by atoms with Gasteiger partial charge < -0.3 is 5.32 Å².